The number of nitrogens with one attached hydrogen (secondary N) is 1. The van der Waals surface area contributed by atoms with Crippen molar-refractivity contribution in [1.82, 2.24) is 24.4 Å². The predicted molar refractivity (Wildman–Crippen MR) is 132 cm³/mol. The van der Waals surface area contributed by atoms with Crippen molar-refractivity contribution in [3.05, 3.63) is 108 Å². The van der Waals surface area contributed by atoms with Gasteiger partial charge in [-0.1, -0.05) is 24.3 Å². The minimum Gasteiger partial charge on any atom is -0.333 e. The van der Waals surface area contributed by atoms with E-state index in [1.807, 2.05) is 65.1 Å². The minimum atomic E-state index is -0.328. The molecule has 176 valence electrons. The normalized spacial score (nSPS) is 15.2. The standard InChI is InChI=1S/C27H26N6O2/c1-19-10-11-25(29-16-19)31-26(34)23-8-3-7-22(30-23)24-9-4-13-33(24)27(35)21-6-2-5-20(15-21)17-32-14-12-28-18-32/h2-3,5-8,10-12,14-16,18,24H,4,9,13,17H2,1H3,(H,29,31,34)/t24-/m0/s1. The lowest BCUT2D eigenvalue weighted by Gasteiger charge is -2.25. The largest absolute Gasteiger partial charge is 0.333 e. The molecule has 2 amide bonds. The number of anilines is 1. The number of imidazole rings is 1. The minimum absolute atomic E-state index is 0.0273. The van der Waals surface area contributed by atoms with Crippen molar-refractivity contribution in [3.8, 4) is 0 Å². The van der Waals surface area contributed by atoms with Crippen molar-refractivity contribution in [2.24, 2.45) is 0 Å². The summed E-state index contributed by atoms with van der Waals surface area (Å²) in [5.74, 6) is 0.118. The lowest BCUT2D eigenvalue weighted by atomic mass is 10.1. The van der Waals surface area contributed by atoms with E-state index in [1.54, 1.807) is 30.9 Å². The van der Waals surface area contributed by atoms with Gasteiger partial charge in [0.05, 0.1) is 18.1 Å². The van der Waals surface area contributed by atoms with Crippen LogP contribution in [0.1, 0.15) is 56.6 Å². The van der Waals surface area contributed by atoms with Gasteiger partial charge in [-0.3, -0.25) is 9.59 Å². The first-order valence-electron chi connectivity index (χ1n) is 11.6. The Labute approximate surface area is 203 Å². The Bertz CT molecular complexity index is 1330. The maximum Gasteiger partial charge on any atom is 0.275 e. The summed E-state index contributed by atoms with van der Waals surface area (Å²) in [5, 5.41) is 2.79. The summed E-state index contributed by atoms with van der Waals surface area (Å²) in [4.78, 5) is 41.0. The van der Waals surface area contributed by atoms with Gasteiger partial charge >= 0.3 is 0 Å². The molecule has 0 spiro atoms. The van der Waals surface area contributed by atoms with E-state index in [4.69, 9.17) is 0 Å². The van der Waals surface area contributed by atoms with Crippen molar-refractivity contribution < 1.29 is 9.59 Å². The summed E-state index contributed by atoms with van der Waals surface area (Å²) >= 11 is 0. The molecule has 1 aromatic carbocycles. The van der Waals surface area contributed by atoms with Gasteiger partial charge in [0.25, 0.3) is 11.8 Å². The van der Waals surface area contributed by atoms with Crippen LogP contribution in [0.3, 0.4) is 0 Å². The number of hydrogen-bond acceptors (Lipinski definition) is 5. The van der Waals surface area contributed by atoms with Gasteiger partial charge in [0, 0.05) is 37.2 Å². The van der Waals surface area contributed by atoms with Crippen molar-refractivity contribution in [3.63, 3.8) is 0 Å². The number of nitrogens with zero attached hydrogens (tertiary/aromatic N) is 5. The summed E-state index contributed by atoms with van der Waals surface area (Å²) in [5.41, 5.74) is 3.71. The number of amides is 2. The third kappa shape index (κ3) is 5.11. The molecular formula is C27H26N6O2. The second-order valence-corrected chi connectivity index (χ2v) is 8.71. The Morgan fingerprint density at radius 2 is 2.00 bits per heavy atom. The molecule has 0 aliphatic carbocycles. The molecule has 1 N–H and O–H groups in total. The second-order valence-electron chi connectivity index (χ2n) is 8.71. The summed E-state index contributed by atoms with van der Waals surface area (Å²) in [6.45, 7) is 3.24. The van der Waals surface area contributed by atoms with E-state index >= 15 is 0 Å². The van der Waals surface area contributed by atoms with Gasteiger partial charge in [0.15, 0.2) is 0 Å². The van der Waals surface area contributed by atoms with E-state index in [0.717, 1.165) is 29.7 Å². The molecule has 0 radical (unpaired) electrons. The van der Waals surface area contributed by atoms with Crippen LogP contribution in [0.2, 0.25) is 0 Å². The molecule has 1 atom stereocenters. The Morgan fingerprint density at radius 3 is 2.80 bits per heavy atom. The van der Waals surface area contributed by atoms with E-state index < -0.39 is 0 Å². The SMILES string of the molecule is Cc1ccc(NC(=O)c2cccc([C@@H]3CCCN3C(=O)c3cccc(Cn4ccnc4)c3)n2)nc1. The summed E-state index contributed by atoms with van der Waals surface area (Å²) in [6.07, 6.45) is 8.78. The van der Waals surface area contributed by atoms with Crippen molar-refractivity contribution in [2.45, 2.75) is 32.4 Å². The fourth-order valence-corrected chi connectivity index (χ4v) is 4.36. The van der Waals surface area contributed by atoms with Gasteiger partial charge in [-0.05, 0) is 61.2 Å². The lowest BCUT2D eigenvalue weighted by Crippen LogP contribution is -2.31. The van der Waals surface area contributed by atoms with Gasteiger partial charge in [0.2, 0.25) is 0 Å². The molecule has 8 nitrogen and oxygen atoms in total. The van der Waals surface area contributed by atoms with Gasteiger partial charge < -0.3 is 14.8 Å². The molecule has 8 heteroatoms. The molecule has 1 aliphatic rings. The van der Waals surface area contributed by atoms with E-state index in [1.165, 1.54) is 0 Å². The molecule has 5 rings (SSSR count). The first-order chi connectivity index (χ1) is 17.1. The smallest absolute Gasteiger partial charge is 0.275 e. The molecule has 1 aliphatic heterocycles. The van der Waals surface area contributed by atoms with E-state index in [2.05, 4.69) is 20.3 Å². The van der Waals surface area contributed by atoms with Crippen LogP contribution >= 0.6 is 0 Å². The first kappa shape index (κ1) is 22.5. The van der Waals surface area contributed by atoms with Crippen molar-refractivity contribution in [1.29, 1.82) is 0 Å². The molecule has 3 aromatic heterocycles. The zero-order valence-electron chi connectivity index (χ0n) is 19.5. The summed E-state index contributed by atoms with van der Waals surface area (Å²) in [6, 6.07) is 16.5. The highest BCUT2D eigenvalue weighted by atomic mass is 16.2. The number of aryl methyl sites for hydroxylation is 1. The highest BCUT2D eigenvalue weighted by molar-refractivity contribution is 6.02. The molecule has 1 saturated heterocycles. The summed E-state index contributed by atoms with van der Waals surface area (Å²) < 4.78 is 1.97. The van der Waals surface area contributed by atoms with Crippen LogP contribution in [0.4, 0.5) is 5.82 Å². The molecule has 1 fully saturated rings. The fourth-order valence-electron chi connectivity index (χ4n) is 4.36. The second kappa shape index (κ2) is 9.89. The highest BCUT2D eigenvalue weighted by Gasteiger charge is 2.32. The van der Waals surface area contributed by atoms with Gasteiger partial charge in [-0.15, -0.1) is 0 Å². The van der Waals surface area contributed by atoms with Crippen LogP contribution < -0.4 is 5.32 Å². The number of pyridine rings is 2. The molecule has 4 aromatic rings. The maximum absolute atomic E-state index is 13.5. The lowest BCUT2D eigenvalue weighted by molar-refractivity contribution is 0.0732. The van der Waals surface area contributed by atoms with E-state index in [9.17, 15) is 9.59 Å². The Hall–Kier alpha value is -4.33. The van der Waals surface area contributed by atoms with E-state index in [0.29, 0.717) is 30.2 Å². The number of rotatable bonds is 6. The predicted octanol–water partition coefficient (Wildman–Crippen LogP) is 4.26. The van der Waals surface area contributed by atoms with Gasteiger partial charge in [0.1, 0.15) is 11.5 Å². The zero-order valence-corrected chi connectivity index (χ0v) is 19.5. The monoisotopic (exact) mass is 466 g/mol. The van der Waals surface area contributed by atoms with Gasteiger partial charge in [-0.25, -0.2) is 15.0 Å². The maximum atomic E-state index is 13.5. The third-order valence-corrected chi connectivity index (χ3v) is 6.11. The third-order valence-electron chi connectivity index (χ3n) is 6.11. The zero-order chi connectivity index (χ0) is 24.2. The highest BCUT2D eigenvalue weighted by Crippen LogP contribution is 2.32. The molecule has 0 bridgehead atoms. The first-order valence-corrected chi connectivity index (χ1v) is 11.6. The van der Waals surface area contributed by atoms with Crippen LogP contribution in [-0.2, 0) is 6.54 Å². The number of carbonyl (C=O) groups excluding carboxylic acids is 2. The van der Waals surface area contributed by atoms with Crippen LogP contribution in [0, 0.1) is 6.92 Å². The molecule has 0 saturated carbocycles. The Kier molecular flexibility index (Phi) is 6.34. The van der Waals surface area contributed by atoms with Crippen LogP contribution in [0.15, 0.2) is 79.5 Å². The average Bonchev–Trinajstić information content (AvgIpc) is 3.58. The molecule has 0 unspecified atom stereocenters. The van der Waals surface area contributed by atoms with Crippen LogP contribution in [-0.4, -0.2) is 42.8 Å². The molecular weight excluding hydrogens is 440 g/mol. The topological polar surface area (TPSA) is 93.0 Å². The molecule has 4 heterocycles. The number of aromatic nitrogens is 4. The van der Waals surface area contributed by atoms with Crippen molar-refractivity contribution >= 4 is 17.6 Å². The Morgan fingerprint density at radius 1 is 1.11 bits per heavy atom. The number of hydrogen-bond donors (Lipinski definition) is 1. The number of benzene rings is 1. The summed E-state index contributed by atoms with van der Waals surface area (Å²) in [7, 11) is 0. The number of carbonyl (C=O) groups is 2. The average molecular weight is 467 g/mol. The quantitative estimate of drug-likeness (QED) is 0.458. The van der Waals surface area contributed by atoms with Crippen molar-refractivity contribution in [2.75, 3.05) is 11.9 Å². The van der Waals surface area contributed by atoms with Gasteiger partial charge in [-0.2, -0.15) is 0 Å². The Balaban J connectivity index is 1.33. The fraction of sp³-hybridized carbons (Fsp3) is 0.222. The number of likely N-dealkylation sites (tertiary alicyclic amines) is 1. The van der Waals surface area contributed by atoms with E-state index in [-0.39, 0.29) is 17.9 Å². The van der Waals surface area contributed by atoms with Crippen LogP contribution in [0.25, 0.3) is 0 Å². The van der Waals surface area contributed by atoms with Crippen LogP contribution in [0.5, 0.6) is 0 Å². The molecule has 35 heavy (non-hydrogen) atoms.